The van der Waals surface area contributed by atoms with Crippen LogP contribution in [-0.2, 0) is 11.3 Å². The van der Waals surface area contributed by atoms with Gasteiger partial charge in [-0.2, -0.15) is 0 Å². The van der Waals surface area contributed by atoms with Crippen LogP contribution in [0.4, 0.5) is 4.79 Å². The molecule has 2 amide bonds. The van der Waals surface area contributed by atoms with Gasteiger partial charge in [0.05, 0.1) is 19.8 Å². The van der Waals surface area contributed by atoms with E-state index in [4.69, 9.17) is 13.6 Å². The summed E-state index contributed by atoms with van der Waals surface area (Å²) in [5.74, 6) is 2.35. The highest BCUT2D eigenvalue weighted by Gasteiger charge is 2.31. The van der Waals surface area contributed by atoms with Gasteiger partial charge in [-0.05, 0) is 32.0 Å². The van der Waals surface area contributed by atoms with Crippen LogP contribution < -0.4 is 5.32 Å². The van der Waals surface area contributed by atoms with Crippen LogP contribution in [0.1, 0.15) is 28.9 Å². The molecule has 0 saturated carbocycles. The van der Waals surface area contributed by atoms with Crippen molar-refractivity contribution >= 4 is 17.0 Å². The molecular formula is C20H22N2O4. The van der Waals surface area contributed by atoms with Crippen molar-refractivity contribution in [2.45, 2.75) is 26.4 Å². The number of ether oxygens (including phenoxy) is 1. The zero-order chi connectivity index (χ0) is 18.1. The summed E-state index contributed by atoms with van der Waals surface area (Å²) in [5.41, 5.74) is 1.89. The minimum atomic E-state index is -0.214. The summed E-state index contributed by atoms with van der Waals surface area (Å²) in [6.45, 7) is 5.73. The molecule has 6 nitrogen and oxygen atoms in total. The molecule has 4 rings (SSSR count). The minimum Gasteiger partial charge on any atom is -0.464 e. The van der Waals surface area contributed by atoms with Crippen molar-refractivity contribution in [1.82, 2.24) is 10.2 Å². The molecule has 1 unspecified atom stereocenters. The number of carbonyl (C=O) groups is 1. The van der Waals surface area contributed by atoms with Crippen LogP contribution in [0.5, 0.6) is 0 Å². The van der Waals surface area contributed by atoms with Gasteiger partial charge >= 0.3 is 6.03 Å². The SMILES string of the molecule is Cc1ccc(C2COCCN2C(=O)NCc2oc3ccccc3c2C)o1. The topological polar surface area (TPSA) is 67.8 Å². The fourth-order valence-electron chi connectivity index (χ4n) is 3.37. The molecule has 1 atom stereocenters. The minimum absolute atomic E-state index is 0.146. The lowest BCUT2D eigenvalue weighted by atomic mass is 10.1. The zero-order valence-electron chi connectivity index (χ0n) is 15.0. The van der Waals surface area contributed by atoms with Gasteiger partial charge in [0.2, 0.25) is 0 Å². The number of nitrogens with one attached hydrogen (secondary N) is 1. The van der Waals surface area contributed by atoms with E-state index in [2.05, 4.69) is 5.32 Å². The van der Waals surface area contributed by atoms with E-state index < -0.39 is 0 Å². The first-order valence-corrected chi connectivity index (χ1v) is 8.79. The second-order valence-electron chi connectivity index (χ2n) is 6.54. The Morgan fingerprint density at radius 1 is 1.19 bits per heavy atom. The largest absolute Gasteiger partial charge is 0.464 e. The quantitative estimate of drug-likeness (QED) is 0.774. The van der Waals surface area contributed by atoms with E-state index in [1.165, 1.54) is 0 Å². The molecule has 1 fully saturated rings. The summed E-state index contributed by atoms with van der Waals surface area (Å²) >= 11 is 0. The predicted molar refractivity (Wildman–Crippen MR) is 96.9 cm³/mol. The molecule has 1 saturated heterocycles. The molecule has 0 spiro atoms. The highest BCUT2D eigenvalue weighted by atomic mass is 16.5. The highest BCUT2D eigenvalue weighted by Crippen LogP contribution is 2.27. The first kappa shape index (κ1) is 16.7. The van der Waals surface area contributed by atoms with Crippen molar-refractivity contribution in [2.24, 2.45) is 0 Å². The average molecular weight is 354 g/mol. The fourth-order valence-corrected chi connectivity index (χ4v) is 3.37. The number of para-hydroxylation sites is 1. The normalized spacial score (nSPS) is 17.6. The van der Waals surface area contributed by atoms with Gasteiger partial charge in [0.15, 0.2) is 0 Å². The van der Waals surface area contributed by atoms with E-state index >= 15 is 0 Å². The lowest BCUT2D eigenvalue weighted by Crippen LogP contribution is -2.47. The smallest absolute Gasteiger partial charge is 0.318 e. The Bertz CT molecular complexity index is 927. The van der Waals surface area contributed by atoms with E-state index in [-0.39, 0.29) is 12.1 Å². The summed E-state index contributed by atoms with van der Waals surface area (Å²) in [6, 6.07) is 11.3. The van der Waals surface area contributed by atoms with Crippen LogP contribution in [0.15, 0.2) is 45.2 Å². The lowest BCUT2D eigenvalue weighted by Gasteiger charge is -2.34. The Balaban J connectivity index is 1.48. The van der Waals surface area contributed by atoms with Gasteiger partial charge in [0.1, 0.15) is 28.9 Å². The van der Waals surface area contributed by atoms with Gasteiger partial charge in [0.25, 0.3) is 0 Å². The number of nitrogens with zero attached hydrogens (tertiary/aromatic N) is 1. The van der Waals surface area contributed by atoms with E-state index in [1.54, 1.807) is 4.90 Å². The molecule has 3 heterocycles. The molecule has 6 heteroatoms. The van der Waals surface area contributed by atoms with Crippen molar-refractivity contribution in [2.75, 3.05) is 19.8 Å². The number of morpholine rings is 1. The van der Waals surface area contributed by atoms with E-state index in [1.807, 2.05) is 50.2 Å². The molecule has 1 aliphatic rings. The summed E-state index contributed by atoms with van der Waals surface area (Å²) < 4.78 is 17.1. The molecule has 0 bridgehead atoms. The number of fused-ring (bicyclic) bond motifs is 1. The van der Waals surface area contributed by atoms with Crippen molar-refractivity contribution < 1.29 is 18.4 Å². The molecule has 1 aliphatic heterocycles. The van der Waals surface area contributed by atoms with Gasteiger partial charge in [-0.1, -0.05) is 18.2 Å². The summed E-state index contributed by atoms with van der Waals surface area (Å²) in [4.78, 5) is 14.5. The van der Waals surface area contributed by atoms with E-state index in [0.29, 0.717) is 26.3 Å². The Labute approximate surface area is 151 Å². The zero-order valence-corrected chi connectivity index (χ0v) is 15.0. The van der Waals surface area contributed by atoms with Gasteiger partial charge < -0.3 is 23.8 Å². The third-order valence-electron chi connectivity index (χ3n) is 4.82. The van der Waals surface area contributed by atoms with Crippen LogP contribution in [0.25, 0.3) is 11.0 Å². The third-order valence-corrected chi connectivity index (χ3v) is 4.82. The molecule has 1 aromatic carbocycles. The van der Waals surface area contributed by atoms with Crippen LogP contribution in [0.3, 0.4) is 0 Å². The molecule has 3 aromatic rings. The third kappa shape index (κ3) is 3.08. The maximum Gasteiger partial charge on any atom is 0.318 e. The number of carbonyl (C=O) groups excluding carboxylic acids is 1. The molecule has 1 N–H and O–H groups in total. The van der Waals surface area contributed by atoms with Crippen LogP contribution in [0, 0.1) is 13.8 Å². The van der Waals surface area contributed by atoms with Crippen LogP contribution >= 0.6 is 0 Å². The van der Waals surface area contributed by atoms with E-state index in [9.17, 15) is 4.79 Å². The van der Waals surface area contributed by atoms with E-state index in [0.717, 1.165) is 33.8 Å². The Morgan fingerprint density at radius 2 is 2.04 bits per heavy atom. The maximum atomic E-state index is 12.8. The van der Waals surface area contributed by atoms with Crippen LogP contribution in [0.2, 0.25) is 0 Å². The van der Waals surface area contributed by atoms with Gasteiger partial charge in [0, 0.05) is 17.5 Å². The van der Waals surface area contributed by atoms with Gasteiger partial charge in [-0.15, -0.1) is 0 Å². The number of aryl methyl sites for hydroxylation is 2. The number of benzene rings is 1. The molecule has 26 heavy (non-hydrogen) atoms. The average Bonchev–Trinajstić information content (AvgIpc) is 3.24. The number of furan rings is 2. The maximum absolute atomic E-state index is 12.8. The van der Waals surface area contributed by atoms with Crippen molar-refractivity contribution in [1.29, 1.82) is 0 Å². The number of hydrogen-bond acceptors (Lipinski definition) is 4. The number of rotatable bonds is 3. The van der Waals surface area contributed by atoms with Gasteiger partial charge in [-0.25, -0.2) is 4.79 Å². The molecule has 2 aromatic heterocycles. The molecule has 0 aliphatic carbocycles. The second-order valence-corrected chi connectivity index (χ2v) is 6.54. The summed E-state index contributed by atoms with van der Waals surface area (Å²) in [6.07, 6.45) is 0. The predicted octanol–water partition coefficient (Wildman–Crippen LogP) is 3.93. The Morgan fingerprint density at radius 3 is 2.81 bits per heavy atom. The fraction of sp³-hybridized carbons (Fsp3) is 0.350. The standard InChI is InChI=1S/C20H22N2O4/c1-13-7-8-18(25-13)16-12-24-10-9-22(16)20(23)21-11-19-14(2)15-5-3-4-6-17(15)26-19/h3-8,16H,9-12H2,1-2H3,(H,21,23). The highest BCUT2D eigenvalue weighted by molar-refractivity contribution is 5.82. The molecule has 0 radical (unpaired) electrons. The van der Waals surface area contributed by atoms with Crippen molar-refractivity contribution in [3.05, 3.63) is 59.2 Å². The number of amides is 2. The second kappa shape index (κ2) is 6.88. The summed E-state index contributed by atoms with van der Waals surface area (Å²) in [5, 5.41) is 4.05. The first-order valence-electron chi connectivity index (χ1n) is 8.79. The van der Waals surface area contributed by atoms with Crippen molar-refractivity contribution in [3.8, 4) is 0 Å². The van der Waals surface area contributed by atoms with Crippen LogP contribution in [-0.4, -0.2) is 30.7 Å². The Hall–Kier alpha value is -2.73. The molecule has 136 valence electrons. The van der Waals surface area contributed by atoms with Crippen molar-refractivity contribution in [3.63, 3.8) is 0 Å². The number of urea groups is 1. The first-order chi connectivity index (χ1) is 12.6. The lowest BCUT2D eigenvalue weighted by molar-refractivity contribution is 0.00392. The monoisotopic (exact) mass is 354 g/mol. The Kier molecular flexibility index (Phi) is 4.42. The summed E-state index contributed by atoms with van der Waals surface area (Å²) in [7, 11) is 0. The number of hydrogen-bond donors (Lipinski definition) is 1. The molecular weight excluding hydrogens is 332 g/mol. The van der Waals surface area contributed by atoms with Gasteiger partial charge in [-0.3, -0.25) is 0 Å².